The summed E-state index contributed by atoms with van der Waals surface area (Å²) in [6.45, 7) is 4.38. The normalized spacial score (nSPS) is 16.4. The Morgan fingerprint density at radius 1 is 1.21 bits per heavy atom. The molecule has 24 heavy (non-hydrogen) atoms. The van der Waals surface area contributed by atoms with Crippen molar-refractivity contribution in [3.63, 3.8) is 0 Å². The number of hydrogen-bond donors (Lipinski definition) is 3. The lowest BCUT2D eigenvalue weighted by Gasteiger charge is -2.39. The van der Waals surface area contributed by atoms with E-state index in [1.54, 1.807) is 0 Å². The fraction of sp³-hybridized carbons (Fsp3) is 0.556. The molecule has 1 aliphatic rings. The van der Waals surface area contributed by atoms with Gasteiger partial charge in [-0.05, 0) is 37.3 Å². The molecule has 0 bridgehead atoms. The highest BCUT2D eigenvalue weighted by molar-refractivity contribution is 5.74. The molecular weight excluding hydrogens is 308 g/mol. The summed E-state index contributed by atoms with van der Waals surface area (Å²) in [6, 6.07) is 8.03. The van der Waals surface area contributed by atoms with Crippen LogP contribution in [0.2, 0.25) is 0 Å². The molecule has 3 N–H and O–H groups in total. The van der Waals surface area contributed by atoms with Gasteiger partial charge in [-0.3, -0.25) is 4.79 Å². The fourth-order valence-electron chi connectivity index (χ4n) is 3.22. The number of rotatable bonds is 7. The van der Waals surface area contributed by atoms with E-state index in [9.17, 15) is 9.59 Å². The first-order chi connectivity index (χ1) is 11.5. The number of carbonyl (C=O) groups excluding carboxylic acids is 1. The predicted molar refractivity (Wildman–Crippen MR) is 91.2 cm³/mol. The number of urea groups is 1. The Bertz CT molecular complexity index is 568. The molecule has 0 saturated carbocycles. The van der Waals surface area contributed by atoms with Crippen molar-refractivity contribution in [1.82, 2.24) is 10.6 Å². The van der Waals surface area contributed by atoms with Gasteiger partial charge in [-0.15, -0.1) is 0 Å². The van der Waals surface area contributed by atoms with Crippen LogP contribution in [0.15, 0.2) is 24.3 Å². The molecule has 0 aromatic heterocycles. The van der Waals surface area contributed by atoms with Crippen LogP contribution in [0, 0.1) is 6.92 Å². The average molecular weight is 334 g/mol. The smallest absolute Gasteiger partial charge is 0.314 e. The summed E-state index contributed by atoms with van der Waals surface area (Å²) in [5.74, 6) is -0.849. The third kappa shape index (κ3) is 4.96. The van der Waals surface area contributed by atoms with Crippen molar-refractivity contribution in [1.29, 1.82) is 0 Å². The van der Waals surface area contributed by atoms with Gasteiger partial charge in [0.1, 0.15) is 0 Å². The van der Waals surface area contributed by atoms with E-state index in [1.807, 2.05) is 12.1 Å². The molecule has 1 heterocycles. The number of hydrogen-bond acceptors (Lipinski definition) is 3. The quantitative estimate of drug-likeness (QED) is 0.667. The highest BCUT2D eigenvalue weighted by atomic mass is 16.5. The van der Waals surface area contributed by atoms with Gasteiger partial charge in [0.2, 0.25) is 0 Å². The number of carboxylic acid groups (broad SMARTS) is 1. The Morgan fingerprint density at radius 3 is 2.58 bits per heavy atom. The fourth-order valence-corrected chi connectivity index (χ4v) is 3.22. The summed E-state index contributed by atoms with van der Waals surface area (Å²) in [5.41, 5.74) is 2.38. The number of carboxylic acids is 1. The van der Waals surface area contributed by atoms with Crippen molar-refractivity contribution in [2.45, 2.75) is 38.0 Å². The zero-order chi connectivity index (χ0) is 17.4. The third-order valence-corrected chi connectivity index (χ3v) is 4.61. The van der Waals surface area contributed by atoms with E-state index in [-0.39, 0.29) is 17.9 Å². The van der Waals surface area contributed by atoms with Gasteiger partial charge in [-0.25, -0.2) is 4.79 Å². The molecule has 6 heteroatoms. The second kappa shape index (κ2) is 8.68. The Hall–Kier alpha value is -2.08. The lowest BCUT2D eigenvalue weighted by Crippen LogP contribution is -2.47. The Labute approximate surface area is 142 Å². The zero-order valence-corrected chi connectivity index (χ0v) is 14.1. The van der Waals surface area contributed by atoms with Crippen LogP contribution in [0.25, 0.3) is 0 Å². The molecular formula is C18H26N2O4. The number of aliphatic carboxylic acids is 1. The lowest BCUT2D eigenvalue weighted by atomic mass is 9.72. The van der Waals surface area contributed by atoms with E-state index in [1.165, 1.54) is 11.1 Å². The molecule has 0 spiro atoms. The maximum Gasteiger partial charge on any atom is 0.314 e. The van der Waals surface area contributed by atoms with E-state index in [0.717, 1.165) is 12.8 Å². The minimum absolute atomic E-state index is 0.0603. The van der Waals surface area contributed by atoms with E-state index in [2.05, 4.69) is 29.7 Å². The first-order valence-corrected chi connectivity index (χ1v) is 8.41. The maximum absolute atomic E-state index is 12.0. The molecule has 0 unspecified atom stereocenters. The molecule has 0 aliphatic carbocycles. The summed E-state index contributed by atoms with van der Waals surface area (Å²) in [7, 11) is 0. The summed E-state index contributed by atoms with van der Waals surface area (Å²) in [4.78, 5) is 22.5. The summed E-state index contributed by atoms with van der Waals surface area (Å²) >= 11 is 0. The molecule has 1 saturated heterocycles. The van der Waals surface area contributed by atoms with Crippen LogP contribution in [-0.4, -0.2) is 43.4 Å². The summed E-state index contributed by atoms with van der Waals surface area (Å²) < 4.78 is 5.51. The van der Waals surface area contributed by atoms with Crippen molar-refractivity contribution >= 4 is 12.0 Å². The van der Waals surface area contributed by atoms with E-state index < -0.39 is 5.97 Å². The van der Waals surface area contributed by atoms with E-state index in [4.69, 9.17) is 9.84 Å². The van der Waals surface area contributed by atoms with E-state index >= 15 is 0 Å². The van der Waals surface area contributed by atoms with Gasteiger partial charge in [-0.1, -0.05) is 24.3 Å². The van der Waals surface area contributed by atoms with Gasteiger partial charge in [0.25, 0.3) is 0 Å². The highest BCUT2D eigenvalue weighted by Gasteiger charge is 2.35. The molecule has 0 atom stereocenters. The van der Waals surface area contributed by atoms with Crippen molar-refractivity contribution < 1.29 is 19.4 Å². The van der Waals surface area contributed by atoms with Gasteiger partial charge in [-0.2, -0.15) is 0 Å². The van der Waals surface area contributed by atoms with Gasteiger partial charge in [0, 0.05) is 38.1 Å². The first kappa shape index (κ1) is 18.3. The molecule has 1 aromatic rings. The highest BCUT2D eigenvalue weighted by Crippen LogP contribution is 2.36. The SMILES string of the molecule is Cc1ccccc1C1(CNC(=O)NCCCC(=O)O)CCOCC1. The molecule has 6 nitrogen and oxygen atoms in total. The number of benzene rings is 1. The monoisotopic (exact) mass is 334 g/mol. The van der Waals surface area contributed by atoms with Crippen LogP contribution < -0.4 is 10.6 Å². The zero-order valence-electron chi connectivity index (χ0n) is 14.1. The minimum Gasteiger partial charge on any atom is -0.481 e. The first-order valence-electron chi connectivity index (χ1n) is 8.41. The van der Waals surface area contributed by atoms with Crippen molar-refractivity contribution in [3.05, 3.63) is 35.4 Å². The molecule has 1 fully saturated rings. The predicted octanol–water partition coefficient (Wildman–Crippen LogP) is 2.21. The lowest BCUT2D eigenvalue weighted by molar-refractivity contribution is -0.137. The van der Waals surface area contributed by atoms with Crippen molar-refractivity contribution in [2.24, 2.45) is 0 Å². The maximum atomic E-state index is 12.0. The number of amides is 2. The number of ether oxygens (including phenoxy) is 1. The Kier molecular flexibility index (Phi) is 6.61. The average Bonchev–Trinajstić information content (AvgIpc) is 2.58. The van der Waals surface area contributed by atoms with Crippen LogP contribution in [-0.2, 0) is 14.9 Å². The largest absolute Gasteiger partial charge is 0.481 e. The molecule has 132 valence electrons. The molecule has 2 amide bonds. The number of carbonyl (C=O) groups is 2. The standard InChI is InChI=1S/C18H26N2O4/c1-14-5-2-3-6-15(14)18(8-11-24-12-9-18)13-20-17(23)19-10-4-7-16(21)22/h2-3,5-6H,4,7-13H2,1H3,(H,21,22)(H2,19,20,23). The number of aryl methyl sites for hydroxylation is 1. The Morgan fingerprint density at radius 2 is 1.92 bits per heavy atom. The molecule has 0 radical (unpaired) electrons. The molecule has 1 aromatic carbocycles. The number of nitrogens with one attached hydrogen (secondary N) is 2. The summed E-state index contributed by atoms with van der Waals surface area (Å²) in [5, 5.41) is 14.3. The van der Waals surface area contributed by atoms with Gasteiger partial charge < -0.3 is 20.5 Å². The third-order valence-electron chi connectivity index (χ3n) is 4.61. The van der Waals surface area contributed by atoms with Crippen LogP contribution in [0.1, 0.15) is 36.8 Å². The van der Waals surface area contributed by atoms with Crippen LogP contribution in [0.5, 0.6) is 0 Å². The van der Waals surface area contributed by atoms with Crippen molar-refractivity contribution in [2.75, 3.05) is 26.3 Å². The molecule has 2 rings (SSSR count). The van der Waals surface area contributed by atoms with Crippen molar-refractivity contribution in [3.8, 4) is 0 Å². The van der Waals surface area contributed by atoms with Crippen LogP contribution in [0.3, 0.4) is 0 Å². The second-order valence-electron chi connectivity index (χ2n) is 6.31. The second-order valence-corrected chi connectivity index (χ2v) is 6.31. The van der Waals surface area contributed by atoms with Gasteiger partial charge >= 0.3 is 12.0 Å². The van der Waals surface area contributed by atoms with Gasteiger partial charge in [0.05, 0.1) is 0 Å². The van der Waals surface area contributed by atoms with Crippen LogP contribution in [0.4, 0.5) is 4.79 Å². The van der Waals surface area contributed by atoms with Gasteiger partial charge in [0.15, 0.2) is 0 Å². The van der Waals surface area contributed by atoms with E-state index in [0.29, 0.717) is 32.7 Å². The summed E-state index contributed by atoms with van der Waals surface area (Å²) in [6.07, 6.45) is 2.23. The Balaban J connectivity index is 1.94. The molecule has 1 aliphatic heterocycles. The minimum atomic E-state index is -0.849. The van der Waals surface area contributed by atoms with Crippen LogP contribution >= 0.6 is 0 Å². The topological polar surface area (TPSA) is 87.7 Å².